The number of sulfonamides is 1. The van der Waals surface area contributed by atoms with Gasteiger partial charge in [-0.05, 0) is 55.3 Å². The lowest BCUT2D eigenvalue weighted by molar-refractivity contribution is 0.0946. The Morgan fingerprint density at radius 1 is 1.17 bits per heavy atom. The van der Waals surface area contributed by atoms with Crippen molar-refractivity contribution in [2.45, 2.75) is 23.8 Å². The maximum atomic E-state index is 12.5. The number of carbonyl (C=O) groups is 1. The maximum absolute atomic E-state index is 12.5. The van der Waals surface area contributed by atoms with Crippen LogP contribution in [0.3, 0.4) is 0 Å². The van der Waals surface area contributed by atoms with Crippen molar-refractivity contribution in [3.05, 3.63) is 54.1 Å². The quantitative estimate of drug-likeness (QED) is 0.554. The number of nitrogens with one attached hydrogen (secondary N) is 2. The Bertz CT molecular complexity index is 940. The molecule has 1 saturated heterocycles. The van der Waals surface area contributed by atoms with Crippen LogP contribution in [-0.4, -0.2) is 53.8 Å². The van der Waals surface area contributed by atoms with Gasteiger partial charge in [0.2, 0.25) is 10.0 Å². The van der Waals surface area contributed by atoms with E-state index in [9.17, 15) is 13.2 Å². The van der Waals surface area contributed by atoms with Gasteiger partial charge in [-0.25, -0.2) is 13.1 Å². The first kappa shape index (κ1) is 22.1. The number of benzene rings is 2. The van der Waals surface area contributed by atoms with Crippen molar-refractivity contribution in [1.29, 1.82) is 0 Å². The second kappa shape index (κ2) is 10.4. The molecule has 1 atom stereocenters. The molecule has 8 nitrogen and oxygen atoms in total. The summed E-state index contributed by atoms with van der Waals surface area (Å²) >= 11 is 0. The molecule has 1 unspecified atom stereocenters. The van der Waals surface area contributed by atoms with Crippen LogP contribution in [0.15, 0.2) is 53.4 Å². The van der Waals surface area contributed by atoms with Crippen molar-refractivity contribution < 1.29 is 27.4 Å². The summed E-state index contributed by atoms with van der Waals surface area (Å²) in [7, 11) is -2.13. The second-order valence-corrected chi connectivity index (χ2v) is 8.56. The highest BCUT2D eigenvalue weighted by Gasteiger charge is 2.21. The van der Waals surface area contributed by atoms with E-state index in [1.54, 1.807) is 43.5 Å². The summed E-state index contributed by atoms with van der Waals surface area (Å²) < 4.78 is 43.6. The number of hydrogen-bond donors (Lipinski definition) is 2. The van der Waals surface area contributed by atoms with Gasteiger partial charge in [0.05, 0.1) is 24.7 Å². The van der Waals surface area contributed by atoms with Gasteiger partial charge in [0.25, 0.3) is 5.91 Å². The minimum absolute atomic E-state index is 0.0441. The highest BCUT2D eigenvalue weighted by molar-refractivity contribution is 7.89. The molecule has 0 spiro atoms. The summed E-state index contributed by atoms with van der Waals surface area (Å²) in [6, 6.07) is 13.1. The molecule has 0 saturated carbocycles. The van der Waals surface area contributed by atoms with Crippen molar-refractivity contribution in [3.8, 4) is 11.5 Å². The standard InChI is InChI=1S/C21H26N2O6S/c1-27-17-7-9-18(10-8-17)29-13-11-22-21(24)16-4-2-6-20(14-16)30(25,26)23-15-19-5-3-12-28-19/h2,4,6-10,14,19,23H,3,5,11-13,15H2,1H3,(H,22,24). The number of carbonyl (C=O) groups excluding carboxylic acids is 1. The van der Waals surface area contributed by atoms with Crippen LogP contribution < -0.4 is 19.5 Å². The monoisotopic (exact) mass is 434 g/mol. The molecule has 0 aliphatic carbocycles. The van der Waals surface area contributed by atoms with Crippen LogP contribution in [0, 0.1) is 0 Å². The van der Waals surface area contributed by atoms with E-state index in [0.717, 1.165) is 18.6 Å². The molecule has 30 heavy (non-hydrogen) atoms. The Morgan fingerprint density at radius 2 is 1.93 bits per heavy atom. The summed E-state index contributed by atoms with van der Waals surface area (Å²) in [6.45, 7) is 1.43. The minimum Gasteiger partial charge on any atom is -0.497 e. The van der Waals surface area contributed by atoms with Gasteiger partial charge in [0.1, 0.15) is 18.1 Å². The molecule has 2 aromatic carbocycles. The summed E-state index contributed by atoms with van der Waals surface area (Å²) in [5, 5.41) is 2.72. The normalized spacial score (nSPS) is 16.2. The zero-order valence-corrected chi connectivity index (χ0v) is 17.6. The van der Waals surface area contributed by atoms with E-state index in [2.05, 4.69) is 10.0 Å². The number of amides is 1. The molecule has 1 amide bonds. The first-order valence-electron chi connectivity index (χ1n) is 9.74. The number of rotatable bonds is 10. The summed E-state index contributed by atoms with van der Waals surface area (Å²) in [4.78, 5) is 12.4. The van der Waals surface area contributed by atoms with Crippen LogP contribution in [-0.2, 0) is 14.8 Å². The van der Waals surface area contributed by atoms with E-state index < -0.39 is 10.0 Å². The Morgan fingerprint density at radius 3 is 2.63 bits per heavy atom. The summed E-state index contributed by atoms with van der Waals surface area (Å²) in [5.74, 6) is 1.02. The van der Waals surface area contributed by atoms with Crippen LogP contribution in [0.5, 0.6) is 11.5 Å². The number of hydrogen-bond acceptors (Lipinski definition) is 6. The molecular weight excluding hydrogens is 408 g/mol. The lowest BCUT2D eigenvalue weighted by atomic mass is 10.2. The average molecular weight is 435 g/mol. The lowest BCUT2D eigenvalue weighted by Gasteiger charge is -2.12. The van der Waals surface area contributed by atoms with Crippen LogP contribution in [0.2, 0.25) is 0 Å². The van der Waals surface area contributed by atoms with E-state index in [-0.39, 0.29) is 42.2 Å². The third kappa shape index (κ3) is 6.19. The molecular formula is C21H26N2O6S. The Hall–Kier alpha value is -2.62. The zero-order chi connectivity index (χ0) is 21.4. The fraction of sp³-hybridized carbons (Fsp3) is 0.381. The van der Waals surface area contributed by atoms with Crippen LogP contribution >= 0.6 is 0 Å². The Balaban J connectivity index is 1.49. The SMILES string of the molecule is COc1ccc(OCCNC(=O)c2cccc(S(=O)(=O)NCC3CCCO3)c2)cc1. The van der Waals surface area contributed by atoms with E-state index in [1.165, 1.54) is 12.1 Å². The molecule has 2 N–H and O–H groups in total. The van der Waals surface area contributed by atoms with Gasteiger partial charge in [0, 0.05) is 18.7 Å². The fourth-order valence-corrected chi connectivity index (χ4v) is 4.12. The Labute approximate surface area is 176 Å². The van der Waals surface area contributed by atoms with Crippen molar-refractivity contribution in [1.82, 2.24) is 10.0 Å². The van der Waals surface area contributed by atoms with Gasteiger partial charge in [-0.3, -0.25) is 4.79 Å². The van der Waals surface area contributed by atoms with Gasteiger partial charge in [-0.15, -0.1) is 0 Å². The van der Waals surface area contributed by atoms with E-state index in [0.29, 0.717) is 12.4 Å². The van der Waals surface area contributed by atoms with Crippen LogP contribution in [0.25, 0.3) is 0 Å². The minimum atomic E-state index is -3.72. The molecule has 162 valence electrons. The molecule has 0 aromatic heterocycles. The molecule has 1 aliphatic rings. The predicted octanol–water partition coefficient (Wildman–Crippen LogP) is 1.96. The molecule has 9 heteroatoms. The van der Waals surface area contributed by atoms with Gasteiger partial charge in [0.15, 0.2) is 0 Å². The topological polar surface area (TPSA) is 103 Å². The fourth-order valence-electron chi connectivity index (χ4n) is 3.00. The summed E-state index contributed by atoms with van der Waals surface area (Å²) in [5.41, 5.74) is 0.263. The molecule has 0 radical (unpaired) electrons. The number of ether oxygens (including phenoxy) is 3. The van der Waals surface area contributed by atoms with Crippen LogP contribution in [0.4, 0.5) is 0 Å². The summed E-state index contributed by atoms with van der Waals surface area (Å²) in [6.07, 6.45) is 1.67. The van der Waals surface area contributed by atoms with Crippen molar-refractivity contribution in [2.75, 3.05) is 33.4 Å². The van der Waals surface area contributed by atoms with Crippen molar-refractivity contribution in [2.24, 2.45) is 0 Å². The zero-order valence-electron chi connectivity index (χ0n) is 16.8. The first-order valence-corrected chi connectivity index (χ1v) is 11.2. The largest absolute Gasteiger partial charge is 0.497 e. The highest BCUT2D eigenvalue weighted by Crippen LogP contribution is 2.17. The lowest BCUT2D eigenvalue weighted by Crippen LogP contribution is -2.32. The molecule has 3 rings (SSSR count). The van der Waals surface area contributed by atoms with E-state index in [4.69, 9.17) is 14.2 Å². The average Bonchev–Trinajstić information content (AvgIpc) is 3.29. The van der Waals surface area contributed by atoms with Gasteiger partial charge in [-0.1, -0.05) is 6.07 Å². The third-order valence-electron chi connectivity index (χ3n) is 4.65. The van der Waals surface area contributed by atoms with Crippen molar-refractivity contribution >= 4 is 15.9 Å². The first-order chi connectivity index (χ1) is 14.5. The molecule has 1 aliphatic heterocycles. The molecule has 1 heterocycles. The highest BCUT2D eigenvalue weighted by atomic mass is 32.2. The predicted molar refractivity (Wildman–Crippen MR) is 111 cm³/mol. The van der Waals surface area contributed by atoms with Crippen LogP contribution in [0.1, 0.15) is 23.2 Å². The molecule has 2 aromatic rings. The number of methoxy groups -OCH3 is 1. The maximum Gasteiger partial charge on any atom is 0.251 e. The Kier molecular flexibility index (Phi) is 7.67. The smallest absolute Gasteiger partial charge is 0.251 e. The van der Waals surface area contributed by atoms with E-state index in [1.807, 2.05) is 0 Å². The van der Waals surface area contributed by atoms with E-state index >= 15 is 0 Å². The second-order valence-electron chi connectivity index (χ2n) is 6.79. The van der Waals surface area contributed by atoms with Gasteiger partial charge < -0.3 is 19.5 Å². The molecule has 1 fully saturated rings. The van der Waals surface area contributed by atoms with Gasteiger partial charge in [-0.2, -0.15) is 0 Å². The van der Waals surface area contributed by atoms with Gasteiger partial charge >= 0.3 is 0 Å². The molecule has 0 bridgehead atoms. The third-order valence-corrected chi connectivity index (χ3v) is 6.07. The van der Waals surface area contributed by atoms with Crippen molar-refractivity contribution in [3.63, 3.8) is 0 Å².